The van der Waals surface area contributed by atoms with Crippen LogP contribution in [0, 0.1) is 11.6 Å². The maximum atomic E-state index is 13.6. The minimum absolute atomic E-state index is 0.0265. The van der Waals surface area contributed by atoms with Gasteiger partial charge in [-0.25, -0.2) is 8.78 Å². The number of nitrogen functional groups attached to an aromatic ring is 1. The van der Waals surface area contributed by atoms with Crippen molar-refractivity contribution in [3.8, 4) is 0 Å². The number of rotatable bonds is 8. The van der Waals surface area contributed by atoms with Crippen molar-refractivity contribution in [1.29, 1.82) is 0 Å². The fourth-order valence-electron chi connectivity index (χ4n) is 5.72. The Morgan fingerprint density at radius 3 is 1.92 bits per heavy atom. The molecule has 0 radical (unpaired) electrons. The minimum atomic E-state index is -0.419. The number of halogens is 2. The van der Waals surface area contributed by atoms with E-state index < -0.39 is 6.10 Å². The van der Waals surface area contributed by atoms with E-state index in [1.54, 1.807) is 24.3 Å². The first kappa shape index (κ1) is 24.4. The zero-order valence-electron chi connectivity index (χ0n) is 20.3. The second-order valence-corrected chi connectivity index (χ2v) is 9.99. The molecule has 2 aliphatic heterocycles. The Labute approximate surface area is 211 Å². The molecule has 0 aromatic heterocycles. The van der Waals surface area contributed by atoms with Crippen LogP contribution in [0.25, 0.3) is 0 Å². The van der Waals surface area contributed by atoms with E-state index in [1.165, 1.54) is 29.8 Å². The van der Waals surface area contributed by atoms with E-state index in [1.807, 2.05) is 24.3 Å². The highest BCUT2D eigenvalue weighted by Crippen LogP contribution is 2.40. The van der Waals surface area contributed by atoms with Crippen molar-refractivity contribution in [3.63, 3.8) is 0 Å². The largest absolute Gasteiger partial charge is 0.399 e. The molecule has 2 saturated heterocycles. The lowest BCUT2D eigenvalue weighted by Gasteiger charge is -2.40. The highest BCUT2D eigenvalue weighted by Gasteiger charge is 2.43. The van der Waals surface area contributed by atoms with Crippen molar-refractivity contribution in [2.24, 2.45) is 0 Å². The average Bonchev–Trinajstić information content (AvgIpc) is 3.15. The summed E-state index contributed by atoms with van der Waals surface area (Å²) in [5.41, 5.74) is 9.36. The van der Waals surface area contributed by atoms with Gasteiger partial charge in [-0.1, -0.05) is 36.4 Å². The van der Waals surface area contributed by atoms with Crippen LogP contribution in [0.4, 0.5) is 14.5 Å². The lowest BCUT2D eigenvalue weighted by molar-refractivity contribution is -0.139. The summed E-state index contributed by atoms with van der Waals surface area (Å²) in [5, 5.41) is 0. The van der Waals surface area contributed by atoms with E-state index in [4.69, 9.17) is 10.5 Å². The minimum Gasteiger partial charge on any atom is -0.399 e. The van der Waals surface area contributed by atoms with Crippen LogP contribution in [0.2, 0.25) is 0 Å². The Balaban J connectivity index is 1.22. The standard InChI is InChI=1S/C30H32F2N2O2/c31-23-10-6-21(7-11-23)30(22-8-12-24(32)13-9-22)36-28-18-26-16-17-27(19-28)34(26)29(35)3-1-2-20-4-14-25(33)15-5-20/h4-15,26-28,30H,1-3,16-19,33H2/t26-,27+,28?. The predicted octanol–water partition coefficient (Wildman–Crippen LogP) is 6.20. The van der Waals surface area contributed by atoms with Crippen molar-refractivity contribution < 1.29 is 18.3 Å². The molecule has 2 N–H and O–H groups in total. The van der Waals surface area contributed by atoms with E-state index in [0.717, 1.165) is 55.3 Å². The predicted molar refractivity (Wildman–Crippen MR) is 136 cm³/mol. The fraction of sp³-hybridized carbons (Fsp3) is 0.367. The van der Waals surface area contributed by atoms with Crippen LogP contribution in [0.15, 0.2) is 72.8 Å². The first-order valence-corrected chi connectivity index (χ1v) is 12.8. The van der Waals surface area contributed by atoms with Gasteiger partial charge in [-0.3, -0.25) is 4.79 Å². The number of ether oxygens (including phenoxy) is 1. The molecule has 4 nitrogen and oxygen atoms in total. The molecule has 6 heteroatoms. The number of carbonyl (C=O) groups is 1. The summed E-state index contributed by atoms with van der Waals surface area (Å²) in [6, 6.07) is 20.8. The number of aryl methyl sites for hydroxylation is 1. The zero-order chi connectivity index (χ0) is 25.1. The third-order valence-corrected chi connectivity index (χ3v) is 7.49. The first-order valence-electron chi connectivity index (χ1n) is 12.8. The monoisotopic (exact) mass is 490 g/mol. The summed E-state index contributed by atoms with van der Waals surface area (Å²) < 4.78 is 33.7. The number of nitrogens with zero attached hydrogens (tertiary/aromatic N) is 1. The third kappa shape index (κ3) is 5.59. The highest BCUT2D eigenvalue weighted by atomic mass is 19.1. The molecule has 3 atom stereocenters. The molecule has 2 heterocycles. The number of hydrogen-bond acceptors (Lipinski definition) is 3. The second kappa shape index (κ2) is 10.8. The molecule has 188 valence electrons. The number of amides is 1. The molecule has 1 amide bonds. The van der Waals surface area contributed by atoms with Gasteiger partial charge in [0.2, 0.25) is 5.91 Å². The van der Waals surface area contributed by atoms with Crippen LogP contribution < -0.4 is 5.73 Å². The number of nitrogens with two attached hydrogens (primary N) is 1. The lowest BCUT2D eigenvalue weighted by atomic mass is 9.96. The molecule has 36 heavy (non-hydrogen) atoms. The Morgan fingerprint density at radius 1 is 0.861 bits per heavy atom. The van der Waals surface area contributed by atoms with Gasteiger partial charge in [-0.15, -0.1) is 0 Å². The molecule has 0 aliphatic carbocycles. The van der Waals surface area contributed by atoms with E-state index in [0.29, 0.717) is 6.42 Å². The topological polar surface area (TPSA) is 55.6 Å². The van der Waals surface area contributed by atoms with Crippen molar-refractivity contribution in [2.45, 2.75) is 69.2 Å². The van der Waals surface area contributed by atoms with Crippen LogP contribution in [-0.2, 0) is 16.0 Å². The Morgan fingerprint density at radius 2 is 1.39 bits per heavy atom. The second-order valence-electron chi connectivity index (χ2n) is 9.99. The normalized spacial score (nSPS) is 21.2. The zero-order valence-corrected chi connectivity index (χ0v) is 20.3. The molecule has 1 unspecified atom stereocenters. The Kier molecular flexibility index (Phi) is 7.33. The van der Waals surface area contributed by atoms with Crippen molar-refractivity contribution >= 4 is 11.6 Å². The van der Waals surface area contributed by atoms with E-state index >= 15 is 0 Å². The summed E-state index contributed by atoms with van der Waals surface area (Å²) in [4.78, 5) is 15.2. The van der Waals surface area contributed by atoms with Gasteiger partial charge in [-0.05, 0) is 91.6 Å². The lowest BCUT2D eigenvalue weighted by Crippen LogP contribution is -2.48. The fourth-order valence-corrected chi connectivity index (χ4v) is 5.72. The van der Waals surface area contributed by atoms with E-state index in [2.05, 4.69) is 4.90 Å². The van der Waals surface area contributed by atoms with Crippen LogP contribution in [-0.4, -0.2) is 29.0 Å². The van der Waals surface area contributed by atoms with Gasteiger partial charge in [0.15, 0.2) is 0 Å². The highest BCUT2D eigenvalue weighted by molar-refractivity contribution is 5.77. The molecule has 3 aromatic rings. The van der Waals surface area contributed by atoms with Crippen molar-refractivity contribution in [2.75, 3.05) is 5.73 Å². The number of piperidine rings is 1. The summed E-state index contributed by atoms with van der Waals surface area (Å²) in [7, 11) is 0. The Hall–Kier alpha value is -3.25. The van der Waals surface area contributed by atoms with E-state index in [-0.39, 0.29) is 35.7 Å². The number of fused-ring (bicyclic) bond motifs is 2. The molecule has 0 saturated carbocycles. The summed E-state index contributed by atoms with van der Waals surface area (Å²) >= 11 is 0. The average molecular weight is 491 g/mol. The van der Waals surface area contributed by atoms with Gasteiger partial charge in [0.25, 0.3) is 0 Å². The number of carbonyl (C=O) groups excluding carboxylic acids is 1. The maximum Gasteiger partial charge on any atom is 0.223 e. The quantitative estimate of drug-likeness (QED) is 0.383. The molecule has 2 aliphatic rings. The number of benzene rings is 3. The summed E-state index contributed by atoms with van der Waals surface area (Å²) in [6.45, 7) is 0. The molecule has 3 aromatic carbocycles. The first-order chi connectivity index (χ1) is 17.5. The van der Waals surface area contributed by atoms with Crippen LogP contribution >= 0.6 is 0 Å². The van der Waals surface area contributed by atoms with E-state index in [9.17, 15) is 13.6 Å². The third-order valence-electron chi connectivity index (χ3n) is 7.49. The van der Waals surface area contributed by atoms with Gasteiger partial charge < -0.3 is 15.4 Å². The molecular formula is C30H32F2N2O2. The van der Waals surface area contributed by atoms with Gasteiger partial charge >= 0.3 is 0 Å². The summed E-state index contributed by atoms with van der Waals surface area (Å²) in [5.74, 6) is -0.388. The van der Waals surface area contributed by atoms with Crippen molar-refractivity contribution in [1.82, 2.24) is 4.90 Å². The number of hydrogen-bond donors (Lipinski definition) is 1. The van der Waals surface area contributed by atoms with Gasteiger partial charge in [0.05, 0.1) is 6.10 Å². The molecular weight excluding hydrogens is 458 g/mol. The van der Waals surface area contributed by atoms with Crippen molar-refractivity contribution in [3.05, 3.63) is 101 Å². The SMILES string of the molecule is Nc1ccc(CCCC(=O)N2[C@@H]3CC[C@H]2CC(OC(c2ccc(F)cc2)c2ccc(F)cc2)C3)cc1. The smallest absolute Gasteiger partial charge is 0.223 e. The molecule has 2 fully saturated rings. The molecule has 5 rings (SSSR count). The summed E-state index contributed by atoms with van der Waals surface area (Å²) in [6.07, 6.45) is 5.31. The van der Waals surface area contributed by atoms with Crippen LogP contribution in [0.1, 0.15) is 61.3 Å². The van der Waals surface area contributed by atoms with Gasteiger partial charge in [-0.2, -0.15) is 0 Å². The van der Waals surface area contributed by atoms with Crippen LogP contribution in [0.5, 0.6) is 0 Å². The maximum absolute atomic E-state index is 13.6. The van der Waals surface area contributed by atoms with Gasteiger partial charge in [0.1, 0.15) is 17.7 Å². The Bertz CT molecular complexity index is 1110. The van der Waals surface area contributed by atoms with Crippen LogP contribution in [0.3, 0.4) is 0 Å². The molecule has 2 bridgehead atoms. The van der Waals surface area contributed by atoms with Gasteiger partial charge in [0, 0.05) is 24.2 Å². The number of anilines is 1. The molecule has 0 spiro atoms.